The van der Waals surface area contributed by atoms with Crippen molar-refractivity contribution in [2.75, 3.05) is 44.2 Å². The van der Waals surface area contributed by atoms with Gasteiger partial charge in [-0.1, -0.05) is 0 Å². The summed E-state index contributed by atoms with van der Waals surface area (Å²) in [6.45, 7) is 6.10. The van der Waals surface area contributed by atoms with Crippen LogP contribution >= 0.6 is 24.8 Å². The van der Waals surface area contributed by atoms with Gasteiger partial charge in [0.1, 0.15) is 6.04 Å². The SMILES string of the molecule is Cl.Cl.O=C1CCC(N2C(=O)c3ccc(N4CCC(N5CCNCC5)CC4)cc3C2=O)C(=O)N1. The number of carbonyl (C=O) groups excluding carboxylic acids is 4. The molecule has 1 aromatic carbocycles. The minimum absolute atomic E-state index is 0. The van der Waals surface area contributed by atoms with Crippen molar-refractivity contribution >= 4 is 54.1 Å². The van der Waals surface area contributed by atoms with Crippen molar-refractivity contribution in [1.82, 2.24) is 20.4 Å². The fourth-order valence-corrected chi connectivity index (χ4v) is 5.19. The minimum Gasteiger partial charge on any atom is -0.371 e. The second-order valence-corrected chi connectivity index (χ2v) is 8.68. The first kappa shape index (κ1) is 25.4. The number of amides is 4. The molecule has 3 fully saturated rings. The number of rotatable bonds is 3. The highest BCUT2D eigenvalue weighted by molar-refractivity contribution is 6.23. The first-order valence-corrected chi connectivity index (χ1v) is 11.1. The summed E-state index contributed by atoms with van der Waals surface area (Å²) in [7, 11) is 0. The zero-order valence-electron chi connectivity index (χ0n) is 18.2. The van der Waals surface area contributed by atoms with Crippen LogP contribution in [0, 0.1) is 0 Å². The van der Waals surface area contributed by atoms with Gasteiger partial charge in [-0.3, -0.25) is 34.3 Å². The summed E-state index contributed by atoms with van der Waals surface area (Å²) in [5.41, 5.74) is 1.61. The predicted octanol–water partition coefficient (Wildman–Crippen LogP) is 0.805. The third-order valence-corrected chi connectivity index (χ3v) is 6.92. The zero-order valence-corrected chi connectivity index (χ0v) is 19.9. The molecule has 4 amide bonds. The fourth-order valence-electron chi connectivity index (χ4n) is 5.19. The van der Waals surface area contributed by atoms with Gasteiger partial charge >= 0.3 is 0 Å². The normalized spacial score (nSPS) is 24.2. The van der Waals surface area contributed by atoms with Crippen molar-refractivity contribution in [3.63, 3.8) is 0 Å². The van der Waals surface area contributed by atoms with E-state index in [1.54, 1.807) is 12.1 Å². The van der Waals surface area contributed by atoms with Crippen molar-refractivity contribution in [1.29, 1.82) is 0 Å². The highest BCUT2D eigenvalue weighted by Crippen LogP contribution is 2.32. The van der Waals surface area contributed by atoms with Crippen molar-refractivity contribution in [3.8, 4) is 0 Å². The first-order valence-electron chi connectivity index (χ1n) is 11.1. The molecular weight excluding hydrogens is 469 g/mol. The third kappa shape index (κ3) is 4.73. The van der Waals surface area contributed by atoms with Gasteiger partial charge in [0.2, 0.25) is 11.8 Å². The summed E-state index contributed by atoms with van der Waals surface area (Å²) >= 11 is 0. The van der Waals surface area contributed by atoms with Crippen molar-refractivity contribution in [2.24, 2.45) is 0 Å². The number of piperazine rings is 1. The number of nitrogens with one attached hydrogen (secondary N) is 2. The quantitative estimate of drug-likeness (QED) is 0.595. The zero-order chi connectivity index (χ0) is 21.5. The van der Waals surface area contributed by atoms with E-state index in [-0.39, 0.29) is 43.6 Å². The molecule has 1 aromatic rings. The molecule has 1 unspecified atom stereocenters. The number of anilines is 1. The van der Waals surface area contributed by atoms with Gasteiger partial charge in [-0.2, -0.15) is 0 Å². The number of imide groups is 2. The summed E-state index contributed by atoms with van der Waals surface area (Å²) in [6, 6.07) is 5.04. The summed E-state index contributed by atoms with van der Waals surface area (Å²) < 4.78 is 0. The number of benzene rings is 1. The highest BCUT2D eigenvalue weighted by Gasteiger charge is 2.44. The average molecular weight is 498 g/mol. The second kappa shape index (κ2) is 10.4. The molecule has 5 rings (SSSR count). The molecule has 0 bridgehead atoms. The van der Waals surface area contributed by atoms with Crippen LogP contribution in [-0.2, 0) is 9.59 Å². The summed E-state index contributed by atoms with van der Waals surface area (Å²) in [4.78, 5) is 55.4. The van der Waals surface area contributed by atoms with Gasteiger partial charge in [0.15, 0.2) is 0 Å². The van der Waals surface area contributed by atoms with Gasteiger partial charge in [0, 0.05) is 57.4 Å². The van der Waals surface area contributed by atoms with Crippen molar-refractivity contribution in [2.45, 2.75) is 37.8 Å². The summed E-state index contributed by atoms with van der Waals surface area (Å²) in [5, 5.41) is 5.62. The third-order valence-electron chi connectivity index (χ3n) is 6.92. The Kier molecular flexibility index (Phi) is 8.00. The molecule has 4 heterocycles. The van der Waals surface area contributed by atoms with Crippen molar-refractivity contribution < 1.29 is 19.2 Å². The molecule has 0 aromatic heterocycles. The standard InChI is InChI=1S/C22H27N5O4.2ClH/c28-19-4-3-18(20(29)24-19)27-21(30)16-2-1-15(13-17(16)22(27)31)25-9-5-14(6-10-25)26-11-7-23-8-12-26;;/h1-2,13-14,18,23H,3-12H2,(H,24,28,29);2*1H. The molecular formula is C22H29Cl2N5O4. The van der Waals surface area contributed by atoms with E-state index in [1.165, 1.54) is 0 Å². The Hall–Kier alpha value is -2.20. The predicted molar refractivity (Wildman–Crippen MR) is 127 cm³/mol. The second-order valence-electron chi connectivity index (χ2n) is 8.68. The Labute approximate surface area is 205 Å². The van der Waals surface area contributed by atoms with E-state index >= 15 is 0 Å². The summed E-state index contributed by atoms with van der Waals surface area (Å²) in [5.74, 6) is -1.86. The lowest BCUT2D eigenvalue weighted by Crippen LogP contribution is -2.54. The Balaban J connectivity index is 0.00000153. The molecule has 180 valence electrons. The van der Waals surface area contributed by atoms with Crippen LogP contribution in [0.25, 0.3) is 0 Å². The number of carbonyl (C=O) groups is 4. The van der Waals surface area contributed by atoms with E-state index in [4.69, 9.17) is 0 Å². The molecule has 3 saturated heterocycles. The molecule has 0 spiro atoms. The van der Waals surface area contributed by atoms with E-state index < -0.39 is 23.8 Å². The number of hydrogen-bond acceptors (Lipinski definition) is 7. The Morgan fingerprint density at radius 3 is 2.15 bits per heavy atom. The number of halogens is 2. The van der Waals surface area contributed by atoms with E-state index in [0.717, 1.165) is 62.7 Å². The van der Waals surface area contributed by atoms with Crippen molar-refractivity contribution in [3.05, 3.63) is 29.3 Å². The molecule has 2 N–H and O–H groups in total. The van der Waals surface area contributed by atoms with E-state index in [1.807, 2.05) is 6.07 Å². The molecule has 1 atom stereocenters. The van der Waals surface area contributed by atoms with E-state index in [2.05, 4.69) is 20.4 Å². The van der Waals surface area contributed by atoms with Crippen LogP contribution in [0.4, 0.5) is 5.69 Å². The summed E-state index contributed by atoms with van der Waals surface area (Å²) in [6.07, 6.45) is 2.44. The average Bonchev–Trinajstić information content (AvgIpc) is 3.04. The molecule has 11 heteroatoms. The maximum atomic E-state index is 13.0. The van der Waals surface area contributed by atoms with Gasteiger partial charge in [-0.25, -0.2) is 0 Å². The number of hydrogen-bond donors (Lipinski definition) is 2. The van der Waals surface area contributed by atoms with Crippen LogP contribution < -0.4 is 15.5 Å². The lowest BCUT2D eigenvalue weighted by Gasteiger charge is -2.41. The minimum atomic E-state index is -0.927. The first-order chi connectivity index (χ1) is 15.0. The fraction of sp³-hybridized carbons (Fsp3) is 0.545. The van der Waals surface area contributed by atoms with Crippen LogP contribution in [0.15, 0.2) is 18.2 Å². The molecule has 0 saturated carbocycles. The van der Waals surface area contributed by atoms with E-state index in [0.29, 0.717) is 17.2 Å². The van der Waals surface area contributed by atoms with Gasteiger partial charge in [0.25, 0.3) is 11.8 Å². The molecule has 9 nitrogen and oxygen atoms in total. The largest absolute Gasteiger partial charge is 0.371 e. The van der Waals surface area contributed by atoms with Crippen LogP contribution in [-0.4, -0.2) is 84.8 Å². The van der Waals surface area contributed by atoms with Crippen LogP contribution in [0.5, 0.6) is 0 Å². The number of fused-ring (bicyclic) bond motifs is 1. The topological polar surface area (TPSA) is 102 Å². The Morgan fingerprint density at radius 2 is 1.48 bits per heavy atom. The van der Waals surface area contributed by atoms with Gasteiger partial charge < -0.3 is 10.2 Å². The molecule has 4 aliphatic rings. The lowest BCUT2D eigenvalue weighted by molar-refractivity contribution is -0.136. The smallest absolute Gasteiger partial charge is 0.262 e. The highest BCUT2D eigenvalue weighted by atomic mass is 35.5. The maximum Gasteiger partial charge on any atom is 0.262 e. The Morgan fingerprint density at radius 1 is 0.818 bits per heavy atom. The van der Waals surface area contributed by atoms with Crippen LogP contribution in [0.2, 0.25) is 0 Å². The Bertz CT molecular complexity index is 945. The van der Waals surface area contributed by atoms with E-state index in [9.17, 15) is 19.2 Å². The van der Waals surface area contributed by atoms with Gasteiger partial charge in [0.05, 0.1) is 11.1 Å². The maximum absolute atomic E-state index is 13.0. The lowest BCUT2D eigenvalue weighted by atomic mass is 10.0. The monoisotopic (exact) mass is 497 g/mol. The number of nitrogens with zero attached hydrogens (tertiary/aromatic N) is 3. The molecule has 33 heavy (non-hydrogen) atoms. The molecule has 4 aliphatic heterocycles. The molecule has 0 radical (unpaired) electrons. The number of piperidine rings is 2. The van der Waals surface area contributed by atoms with Crippen LogP contribution in [0.3, 0.4) is 0 Å². The van der Waals surface area contributed by atoms with Gasteiger partial charge in [-0.05, 0) is 37.5 Å². The van der Waals surface area contributed by atoms with Gasteiger partial charge in [-0.15, -0.1) is 24.8 Å². The van der Waals surface area contributed by atoms with Crippen LogP contribution in [0.1, 0.15) is 46.4 Å². The molecule has 0 aliphatic carbocycles.